The molecule has 0 aliphatic carbocycles. The molecule has 0 aliphatic heterocycles. The minimum atomic E-state index is -0.495. The van der Waals surface area contributed by atoms with Crippen LogP contribution >= 0.6 is 0 Å². The summed E-state index contributed by atoms with van der Waals surface area (Å²) < 4.78 is 0. The van der Waals surface area contributed by atoms with E-state index in [9.17, 15) is 14.9 Å². The fourth-order valence-corrected chi connectivity index (χ4v) is 1.67. The van der Waals surface area contributed by atoms with E-state index in [0.717, 1.165) is 18.7 Å². The summed E-state index contributed by atoms with van der Waals surface area (Å²) in [5, 5.41) is 10.6. The van der Waals surface area contributed by atoms with Gasteiger partial charge in [0.25, 0.3) is 5.69 Å². The van der Waals surface area contributed by atoms with Gasteiger partial charge in [-0.3, -0.25) is 14.9 Å². The molecule has 1 aromatic rings. The molecule has 5 heteroatoms. The highest BCUT2D eigenvalue weighted by Crippen LogP contribution is 2.23. The van der Waals surface area contributed by atoms with Gasteiger partial charge in [0.05, 0.1) is 4.92 Å². The lowest BCUT2D eigenvalue weighted by molar-refractivity contribution is -0.384. The molecule has 0 spiro atoms. The normalized spacial score (nSPS) is 10.4. The Bertz CT molecular complexity index is 444. The van der Waals surface area contributed by atoms with Crippen LogP contribution < -0.4 is 4.90 Å². The van der Waals surface area contributed by atoms with E-state index in [0.29, 0.717) is 17.8 Å². The molecule has 0 aliphatic rings. The van der Waals surface area contributed by atoms with Crippen molar-refractivity contribution in [2.24, 2.45) is 5.92 Å². The fraction of sp³-hybridized carbons (Fsp3) is 0.462. The molecule has 1 aromatic carbocycles. The molecule has 5 nitrogen and oxygen atoms in total. The maximum Gasteiger partial charge on any atom is 0.270 e. The zero-order valence-corrected chi connectivity index (χ0v) is 10.9. The minimum Gasteiger partial charge on any atom is -0.374 e. The van der Waals surface area contributed by atoms with E-state index in [1.807, 2.05) is 11.9 Å². The Morgan fingerprint density at radius 2 is 2.11 bits per heavy atom. The number of nitrogens with zero attached hydrogens (tertiary/aromatic N) is 2. The Hall–Kier alpha value is -1.91. The van der Waals surface area contributed by atoms with Crippen LogP contribution in [0, 0.1) is 16.0 Å². The van der Waals surface area contributed by atoms with E-state index in [1.54, 1.807) is 6.07 Å². The number of nitro benzene ring substituents is 1. The van der Waals surface area contributed by atoms with Gasteiger partial charge in [0.2, 0.25) is 0 Å². The number of rotatable bonds is 6. The Morgan fingerprint density at radius 3 is 2.61 bits per heavy atom. The zero-order valence-electron chi connectivity index (χ0n) is 10.9. The second-order valence-electron chi connectivity index (χ2n) is 4.72. The van der Waals surface area contributed by atoms with Gasteiger partial charge in [-0.25, -0.2) is 0 Å². The number of hydrogen-bond acceptors (Lipinski definition) is 4. The number of benzene rings is 1. The molecule has 98 valence electrons. The number of non-ortho nitro benzene ring substituents is 1. The first-order valence-corrected chi connectivity index (χ1v) is 5.90. The Labute approximate surface area is 107 Å². The second-order valence-corrected chi connectivity index (χ2v) is 4.72. The van der Waals surface area contributed by atoms with Gasteiger partial charge in [0.1, 0.15) is 0 Å². The van der Waals surface area contributed by atoms with Gasteiger partial charge in [-0.1, -0.05) is 13.8 Å². The van der Waals surface area contributed by atoms with Crippen LogP contribution in [-0.2, 0) is 0 Å². The molecular weight excluding hydrogens is 232 g/mol. The molecule has 0 N–H and O–H groups in total. The lowest BCUT2D eigenvalue weighted by Crippen LogP contribution is -2.21. The van der Waals surface area contributed by atoms with Crippen molar-refractivity contribution in [3.8, 4) is 0 Å². The van der Waals surface area contributed by atoms with Crippen LogP contribution in [0.2, 0.25) is 0 Å². The van der Waals surface area contributed by atoms with Crippen molar-refractivity contribution in [3.05, 3.63) is 33.9 Å². The third kappa shape index (κ3) is 3.55. The van der Waals surface area contributed by atoms with Crippen molar-refractivity contribution in [3.63, 3.8) is 0 Å². The summed E-state index contributed by atoms with van der Waals surface area (Å²) >= 11 is 0. The maximum atomic E-state index is 11.0. The largest absolute Gasteiger partial charge is 0.374 e. The zero-order chi connectivity index (χ0) is 13.7. The average Bonchev–Trinajstić information content (AvgIpc) is 2.34. The number of aldehydes is 1. The highest BCUT2D eigenvalue weighted by atomic mass is 16.6. The first-order chi connectivity index (χ1) is 8.45. The molecule has 0 amide bonds. The first-order valence-electron chi connectivity index (χ1n) is 5.90. The van der Waals surface area contributed by atoms with E-state index in [1.165, 1.54) is 12.1 Å². The smallest absolute Gasteiger partial charge is 0.270 e. The SMILES string of the molecule is CC(C)CCN(C)c1ccc([N+](=O)[O-])cc1C=O. The van der Waals surface area contributed by atoms with Gasteiger partial charge in [-0.05, 0) is 18.4 Å². The summed E-state index contributed by atoms with van der Waals surface area (Å²) in [4.78, 5) is 23.1. The molecule has 0 saturated carbocycles. The molecule has 0 aromatic heterocycles. The Morgan fingerprint density at radius 1 is 1.44 bits per heavy atom. The number of carbonyl (C=O) groups is 1. The molecule has 1 rings (SSSR count). The highest BCUT2D eigenvalue weighted by Gasteiger charge is 2.13. The van der Waals surface area contributed by atoms with E-state index < -0.39 is 4.92 Å². The number of hydrogen-bond donors (Lipinski definition) is 0. The second kappa shape index (κ2) is 6.14. The molecule has 0 unspecified atom stereocenters. The summed E-state index contributed by atoms with van der Waals surface area (Å²) in [6.45, 7) is 5.07. The lowest BCUT2D eigenvalue weighted by Gasteiger charge is -2.21. The molecular formula is C13H18N2O3. The summed E-state index contributed by atoms with van der Waals surface area (Å²) in [5.74, 6) is 0.574. The monoisotopic (exact) mass is 250 g/mol. The quantitative estimate of drug-likeness (QED) is 0.442. The lowest BCUT2D eigenvalue weighted by atomic mass is 10.1. The van der Waals surface area contributed by atoms with Crippen LogP contribution in [0.15, 0.2) is 18.2 Å². The van der Waals surface area contributed by atoms with Gasteiger partial charge < -0.3 is 4.90 Å². The summed E-state index contributed by atoms with van der Waals surface area (Å²) in [6, 6.07) is 4.37. The highest BCUT2D eigenvalue weighted by molar-refractivity contribution is 5.85. The molecule has 18 heavy (non-hydrogen) atoms. The topological polar surface area (TPSA) is 63.4 Å². The molecule has 0 heterocycles. The third-order valence-corrected chi connectivity index (χ3v) is 2.80. The number of carbonyl (C=O) groups excluding carboxylic acids is 1. The Kier molecular flexibility index (Phi) is 4.83. The van der Waals surface area contributed by atoms with Crippen LogP contribution in [0.5, 0.6) is 0 Å². The number of anilines is 1. The first kappa shape index (κ1) is 14.2. The maximum absolute atomic E-state index is 11.0. The van der Waals surface area contributed by atoms with E-state index >= 15 is 0 Å². The predicted octanol–water partition coefficient (Wildman–Crippen LogP) is 2.89. The van der Waals surface area contributed by atoms with Gasteiger partial charge in [-0.2, -0.15) is 0 Å². The molecule has 0 atom stereocenters. The van der Waals surface area contributed by atoms with Gasteiger partial charge in [0.15, 0.2) is 6.29 Å². The Balaban J connectivity index is 2.94. The van der Waals surface area contributed by atoms with Crippen molar-refractivity contribution < 1.29 is 9.72 Å². The van der Waals surface area contributed by atoms with Crippen molar-refractivity contribution >= 4 is 17.7 Å². The fourth-order valence-electron chi connectivity index (χ4n) is 1.67. The van der Waals surface area contributed by atoms with Gasteiger partial charge >= 0.3 is 0 Å². The van der Waals surface area contributed by atoms with Crippen molar-refractivity contribution in [2.75, 3.05) is 18.5 Å². The van der Waals surface area contributed by atoms with E-state index in [-0.39, 0.29) is 5.69 Å². The molecule has 0 radical (unpaired) electrons. The van der Waals surface area contributed by atoms with Crippen LogP contribution in [-0.4, -0.2) is 24.8 Å². The van der Waals surface area contributed by atoms with Crippen LogP contribution in [0.4, 0.5) is 11.4 Å². The molecule has 0 bridgehead atoms. The standard InChI is InChI=1S/C13H18N2O3/c1-10(2)6-7-14(3)13-5-4-12(15(17)18)8-11(13)9-16/h4-5,8-10H,6-7H2,1-3H3. The molecule has 0 fully saturated rings. The van der Waals surface area contributed by atoms with E-state index in [2.05, 4.69) is 13.8 Å². The predicted molar refractivity (Wildman–Crippen MR) is 71.2 cm³/mol. The van der Waals surface area contributed by atoms with Crippen molar-refractivity contribution in [2.45, 2.75) is 20.3 Å². The molecule has 0 saturated heterocycles. The van der Waals surface area contributed by atoms with Gasteiger partial charge in [-0.15, -0.1) is 0 Å². The van der Waals surface area contributed by atoms with Crippen molar-refractivity contribution in [1.82, 2.24) is 0 Å². The van der Waals surface area contributed by atoms with Crippen molar-refractivity contribution in [1.29, 1.82) is 0 Å². The minimum absolute atomic E-state index is 0.0573. The third-order valence-electron chi connectivity index (χ3n) is 2.80. The summed E-state index contributed by atoms with van der Waals surface area (Å²) in [6.07, 6.45) is 1.67. The summed E-state index contributed by atoms with van der Waals surface area (Å²) in [5.41, 5.74) is 1.03. The van der Waals surface area contributed by atoms with Crippen LogP contribution in [0.1, 0.15) is 30.6 Å². The van der Waals surface area contributed by atoms with Crippen LogP contribution in [0.25, 0.3) is 0 Å². The average molecular weight is 250 g/mol. The van der Waals surface area contributed by atoms with Gasteiger partial charge in [0, 0.05) is 37.0 Å². The summed E-state index contributed by atoms with van der Waals surface area (Å²) in [7, 11) is 1.89. The van der Waals surface area contributed by atoms with E-state index in [4.69, 9.17) is 0 Å². The van der Waals surface area contributed by atoms with Crippen LogP contribution in [0.3, 0.4) is 0 Å². The number of nitro groups is 1.